The topological polar surface area (TPSA) is 106 Å². The Kier molecular flexibility index (Phi) is 5.04. The molecule has 0 aliphatic carbocycles. The standard InChI is InChI=1S/C13H18N6OS/c1-3-4-15-13-19-11(14)10(21-13)12(20)18-7-9-6-16-8(2)5-17-9/h5-6H,3-4,7,14H2,1-2H3,(H,15,19)(H,18,20). The van der Waals surface area contributed by atoms with Gasteiger partial charge in [-0.1, -0.05) is 18.3 Å². The second-order valence-corrected chi connectivity index (χ2v) is 5.49. The van der Waals surface area contributed by atoms with E-state index in [1.54, 1.807) is 12.4 Å². The summed E-state index contributed by atoms with van der Waals surface area (Å²) < 4.78 is 0. The summed E-state index contributed by atoms with van der Waals surface area (Å²) in [5, 5.41) is 6.54. The molecule has 8 heteroatoms. The molecule has 0 unspecified atom stereocenters. The van der Waals surface area contributed by atoms with Gasteiger partial charge in [-0.3, -0.25) is 14.8 Å². The van der Waals surface area contributed by atoms with Gasteiger partial charge in [-0.25, -0.2) is 4.98 Å². The number of nitrogens with zero attached hydrogens (tertiary/aromatic N) is 3. The highest BCUT2D eigenvalue weighted by Crippen LogP contribution is 2.24. The fourth-order valence-electron chi connectivity index (χ4n) is 1.56. The maximum Gasteiger partial charge on any atom is 0.265 e. The minimum atomic E-state index is -0.253. The molecule has 0 aliphatic rings. The van der Waals surface area contributed by atoms with Crippen LogP contribution in [0.25, 0.3) is 0 Å². The number of aryl methyl sites for hydroxylation is 1. The number of carbonyl (C=O) groups excluding carboxylic acids is 1. The van der Waals surface area contributed by atoms with Gasteiger partial charge in [0.25, 0.3) is 5.91 Å². The van der Waals surface area contributed by atoms with Crippen LogP contribution in [-0.2, 0) is 6.54 Å². The van der Waals surface area contributed by atoms with Crippen molar-refractivity contribution >= 4 is 28.2 Å². The average molecular weight is 306 g/mol. The zero-order valence-corrected chi connectivity index (χ0v) is 12.8. The summed E-state index contributed by atoms with van der Waals surface area (Å²) in [6, 6.07) is 0. The summed E-state index contributed by atoms with van der Waals surface area (Å²) >= 11 is 1.25. The van der Waals surface area contributed by atoms with Crippen LogP contribution in [0, 0.1) is 6.92 Å². The van der Waals surface area contributed by atoms with Gasteiger partial charge in [0.2, 0.25) is 0 Å². The van der Waals surface area contributed by atoms with Crippen LogP contribution < -0.4 is 16.4 Å². The number of rotatable bonds is 6. The molecule has 0 fully saturated rings. The van der Waals surface area contributed by atoms with Crippen molar-refractivity contribution in [2.24, 2.45) is 0 Å². The minimum absolute atomic E-state index is 0.242. The van der Waals surface area contributed by atoms with Gasteiger partial charge in [-0.2, -0.15) is 0 Å². The third kappa shape index (κ3) is 4.12. The van der Waals surface area contributed by atoms with Crippen LogP contribution >= 0.6 is 11.3 Å². The Morgan fingerprint density at radius 3 is 2.86 bits per heavy atom. The predicted octanol–water partition coefficient (Wildman–Crippen LogP) is 1.58. The minimum Gasteiger partial charge on any atom is -0.382 e. The predicted molar refractivity (Wildman–Crippen MR) is 83.2 cm³/mol. The van der Waals surface area contributed by atoms with E-state index in [4.69, 9.17) is 5.73 Å². The van der Waals surface area contributed by atoms with Crippen molar-refractivity contribution in [2.75, 3.05) is 17.6 Å². The number of anilines is 2. The van der Waals surface area contributed by atoms with Crippen LogP contribution in [0.4, 0.5) is 10.9 Å². The van der Waals surface area contributed by atoms with E-state index < -0.39 is 0 Å². The number of hydrogen-bond donors (Lipinski definition) is 3. The van der Waals surface area contributed by atoms with Gasteiger partial charge in [0, 0.05) is 12.7 Å². The Hall–Kier alpha value is -2.22. The first-order valence-corrected chi connectivity index (χ1v) is 7.47. The first-order chi connectivity index (χ1) is 10.1. The quantitative estimate of drug-likeness (QED) is 0.748. The zero-order valence-electron chi connectivity index (χ0n) is 12.0. The lowest BCUT2D eigenvalue weighted by atomic mass is 10.4. The summed E-state index contributed by atoms with van der Waals surface area (Å²) in [5.74, 6) is -0.0111. The van der Waals surface area contributed by atoms with Crippen LogP contribution in [0.15, 0.2) is 12.4 Å². The van der Waals surface area contributed by atoms with E-state index >= 15 is 0 Å². The lowest BCUT2D eigenvalue weighted by Crippen LogP contribution is -2.23. The highest BCUT2D eigenvalue weighted by Gasteiger charge is 2.15. The molecule has 21 heavy (non-hydrogen) atoms. The molecule has 2 heterocycles. The average Bonchev–Trinajstić information content (AvgIpc) is 2.85. The molecular weight excluding hydrogens is 288 g/mol. The van der Waals surface area contributed by atoms with Gasteiger partial charge < -0.3 is 16.4 Å². The van der Waals surface area contributed by atoms with Crippen molar-refractivity contribution in [3.05, 3.63) is 28.7 Å². The van der Waals surface area contributed by atoms with Gasteiger partial charge in [-0.05, 0) is 13.3 Å². The summed E-state index contributed by atoms with van der Waals surface area (Å²) in [7, 11) is 0. The zero-order chi connectivity index (χ0) is 15.2. The smallest absolute Gasteiger partial charge is 0.265 e. The number of hydrogen-bond acceptors (Lipinski definition) is 7. The second kappa shape index (κ2) is 6.98. The van der Waals surface area contributed by atoms with Gasteiger partial charge in [-0.15, -0.1) is 0 Å². The third-order valence-corrected chi connectivity index (χ3v) is 3.68. The number of aromatic nitrogens is 3. The first kappa shape index (κ1) is 15.2. The molecule has 4 N–H and O–H groups in total. The van der Waals surface area contributed by atoms with E-state index in [1.165, 1.54) is 11.3 Å². The maximum atomic E-state index is 12.1. The van der Waals surface area contributed by atoms with E-state index in [9.17, 15) is 4.79 Å². The summed E-state index contributed by atoms with van der Waals surface area (Å²) in [6.45, 7) is 5.02. The third-order valence-electron chi connectivity index (χ3n) is 2.65. The number of amides is 1. The van der Waals surface area contributed by atoms with E-state index in [2.05, 4.69) is 32.5 Å². The summed E-state index contributed by atoms with van der Waals surface area (Å²) in [4.78, 5) is 24.9. The highest BCUT2D eigenvalue weighted by atomic mass is 32.1. The molecule has 0 saturated carbocycles. The molecule has 2 rings (SSSR count). The maximum absolute atomic E-state index is 12.1. The van der Waals surface area contributed by atoms with E-state index in [0.717, 1.165) is 18.7 Å². The van der Waals surface area contributed by atoms with Crippen LogP contribution in [0.3, 0.4) is 0 Å². The Labute approximate surface area is 127 Å². The van der Waals surface area contributed by atoms with Crippen molar-refractivity contribution in [3.63, 3.8) is 0 Å². The van der Waals surface area contributed by atoms with Gasteiger partial charge in [0.05, 0.1) is 24.1 Å². The fourth-order valence-corrected chi connectivity index (χ4v) is 2.39. The largest absolute Gasteiger partial charge is 0.382 e. The van der Waals surface area contributed by atoms with Crippen LogP contribution in [0.5, 0.6) is 0 Å². The van der Waals surface area contributed by atoms with Crippen LogP contribution in [0.2, 0.25) is 0 Å². The molecule has 0 atom stereocenters. The molecule has 2 aromatic heterocycles. The normalized spacial score (nSPS) is 10.4. The molecule has 2 aromatic rings. The second-order valence-electron chi connectivity index (χ2n) is 4.49. The van der Waals surface area contributed by atoms with Crippen molar-refractivity contribution in [2.45, 2.75) is 26.8 Å². The SMILES string of the molecule is CCCNc1nc(N)c(C(=O)NCc2cnc(C)cn2)s1. The number of carbonyl (C=O) groups is 1. The Morgan fingerprint density at radius 2 is 2.19 bits per heavy atom. The number of nitrogen functional groups attached to an aromatic ring is 1. The lowest BCUT2D eigenvalue weighted by molar-refractivity contribution is 0.0955. The molecule has 0 bridgehead atoms. The van der Waals surface area contributed by atoms with Crippen molar-refractivity contribution < 1.29 is 4.79 Å². The van der Waals surface area contributed by atoms with Gasteiger partial charge >= 0.3 is 0 Å². The molecule has 112 valence electrons. The number of nitrogens with two attached hydrogens (primary N) is 1. The molecule has 0 spiro atoms. The summed E-state index contributed by atoms with van der Waals surface area (Å²) in [6.07, 6.45) is 4.28. The van der Waals surface area contributed by atoms with Crippen LogP contribution in [-0.4, -0.2) is 27.4 Å². The van der Waals surface area contributed by atoms with Crippen molar-refractivity contribution in [1.29, 1.82) is 0 Å². The molecule has 0 aliphatic heterocycles. The van der Waals surface area contributed by atoms with Gasteiger partial charge in [0.15, 0.2) is 5.13 Å². The van der Waals surface area contributed by atoms with Crippen molar-refractivity contribution in [3.8, 4) is 0 Å². The highest BCUT2D eigenvalue weighted by molar-refractivity contribution is 7.18. The lowest BCUT2D eigenvalue weighted by Gasteiger charge is -2.03. The van der Waals surface area contributed by atoms with E-state index in [-0.39, 0.29) is 11.7 Å². The van der Waals surface area contributed by atoms with E-state index in [1.807, 2.05) is 6.92 Å². The van der Waals surface area contributed by atoms with Crippen molar-refractivity contribution in [1.82, 2.24) is 20.3 Å². The Bertz CT molecular complexity index is 610. The monoisotopic (exact) mass is 306 g/mol. The van der Waals surface area contributed by atoms with Crippen LogP contribution in [0.1, 0.15) is 34.4 Å². The number of thiazole rings is 1. The molecule has 0 saturated heterocycles. The molecule has 0 radical (unpaired) electrons. The molecule has 0 aromatic carbocycles. The molecular formula is C13H18N6OS. The molecule has 1 amide bonds. The van der Waals surface area contributed by atoms with E-state index in [0.29, 0.717) is 22.2 Å². The first-order valence-electron chi connectivity index (χ1n) is 6.66. The Morgan fingerprint density at radius 1 is 1.38 bits per heavy atom. The Balaban J connectivity index is 1.96. The van der Waals surface area contributed by atoms with Gasteiger partial charge in [0.1, 0.15) is 10.7 Å². The number of nitrogens with one attached hydrogen (secondary N) is 2. The molecule has 7 nitrogen and oxygen atoms in total. The fraction of sp³-hybridized carbons (Fsp3) is 0.385. The summed E-state index contributed by atoms with van der Waals surface area (Å²) in [5.41, 5.74) is 7.31.